The zero-order valence-corrected chi connectivity index (χ0v) is 16.7. The van der Waals surface area contributed by atoms with Crippen molar-refractivity contribution in [2.24, 2.45) is 4.99 Å². The van der Waals surface area contributed by atoms with Crippen LogP contribution in [-0.2, 0) is 5.41 Å². The molecule has 26 heavy (non-hydrogen) atoms. The second-order valence-electron chi connectivity index (χ2n) is 7.33. The summed E-state index contributed by atoms with van der Waals surface area (Å²) in [4.78, 5) is 6.18. The maximum Gasteiger partial charge on any atom is 0.251 e. The number of likely N-dealkylation sites (tertiary alicyclic amines) is 1. The summed E-state index contributed by atoms with van der Waals surface area (Å²) in [5.74, 6) is 0.804. The van der Waals surface area contributed by atoms with E-state index in [1.165, 1.54) is 18.4 Å². The molecule has 4 nitrogen and oxygen atoms in total. The Bertz CT molecular complexity index is 626. The van der Waals surface area contributed by atoms with E-state index in [4.69, 9.17) is 0 Å². The molecule has 144 valence electrons. The van der Waals surface area contributed by atoms with Crippen molar-refractivity contribution in [3.8, 4) is 0 Å². The predicted octanol–water partition coefficient (Wildman–Crippen LogP) is 3.38. The lowest BCUT2D eigenvalue weighted by atomic mass is 9.96. The molecule has 0 bridgehead atoms. The van der Waals surface area contributed by atoms with E-state index in [-0.39, 0.29) is 18.0 Å². The predicted molar refractivity (Wildman–Crippen MR) is 105 cm³/mol. The van der Waals surface area contributed by atoms with Crippen LogP contribution in [0.25, 0.3) is 0 Å². The summed E-state index contributed by atoms with van der Waals surface area (Å²) >= 11 is 3.55. The molecule has 0 aromatic heterocycles. The SMILES string of the molecule is CN=C(NCC1(c2cccc(Br)c2)CC1)NC1CCN(CC(F)F)CC1. The highest BCUT2D eigenvalue weighted by atomic mass is 79.9. The third-order valence-corrected chi connectivity index (χ3v) is 5.93. The Labute approximate surface area is 162 Å². The Balaban J connectivity index is 1.47. The summed E-state index contributed by atoms with van der Waals surface area (Å²) in [6, 6.07) is 8.81. The quantitative estimate of drug-likeness (QED) is 0.538. The molecule has 0 unspecified atom stereocenters. The fraction of sp³-hybridized carbons (Fsp3) is 0.632. The first-order chi connectivity index (χ1) is 12.5. The molecule has 0 radical (unpaired) electrons. The van der Waals surface area contributed by atoms with Gasteiger partial charge in [-0.05, 0) is 43.4 Å². The first-order valence-electron chi connectivity index (χ1n) is 9.24. The molecule has 1 aliphatic carbocycles. The van der Waals surface area contributed by atoms with E-state index in [1.807, 2.05) is 11.0 Å². The van der Waals surface area contributed by atoms with E-state index < -0.39 is 6.43 Å². The first-order valence-corrected chi connectivity index (χ1v) is 10.0. The van der Waals surface area contributed by atoms with Crippen LogP contribution in [0.1, 0.15) is 31.2 Å². The Morgan fingerprint density at radius 3 is 2.65 bits per heavy atom. The fourth-order valence-electron chi connectivity index (χ4n) is 3.63. The van der Waals surface area contributed by atoms with Gasteiger partial charge in [-0.15, -0.1) is 0 Å². The minimum Gasteiger partial charge on any atom is -0.356 e. The van der Waals surface area contributed by atoms with Crippen LogP contribution in [0, 0.1) is 0 Å². The van der Waals surface area contributed by atoms with E-state index in [0.29, 0.717) is 13.1 Å². The highest BCUT2D eigenvalue weighted by Crippen LogP contribution is 2.48. The van der Waals surface area contributed by atoms with E-state index in [9.17, 15) is 8.78 Å². The van der Waals surface area contributed by atoms with Crippen molar-refractivity contribution in [1.29, 1.82) is 0 Å². The topological polar surface area (TPSA) is 39.7 Å². The number of halogens is 3. The van der Waals surface area contributed by atoms with Crippen LogP contribution >= 0.6 is 15.9 Å². The third-order valence-electron chi connectivity index (χ3n) is 5.43. The molecule has 1 saturated heterocycles. The molecular weight excluding hydrogens is 402 g/mol. The van der Waals surface area contributed by atoms with Crippen LogP contribution in [-0.4, -0.2) is 56.6 Å². The van der Waals surface area contributed by atoms with Crippen molar-refractivity contribution in [2.45, 2.75) is 43.6 Å². The maximum atomic E-state index is 12.5. The number of hydrogen-bond acceptors (Lipinski definition) is 2. The summed E-state index contributed by atoms with van der Waals surface area (Å²) in [7, 11) is 1.78. The minimum atomic E-state index is -2.25. The second-order valence-corrected chi connectivity index (χ2v) is 8.24. The van der Waals surface area contributed by atoms with Gasteiger partial charge in [-0.3, -0.25) is 9.89 Å². The monoisotopic (exact) mass is 428 g/mol. The average molecular weight is 429 g/mol. The molecule has 2 fully saturated rings. The van der Waals surface area contributed by atoms with E-state index >= 15 is 0 Å². The van der Waals surface area contributed by atoms with Crippen LogP contribution in [0.3, 0.4) is 0 Å². The number of aliphatic imine (C=N–C) groups is 1. The van der Waals surface area contributed by atoms with E-state index in [0.717, 1.165) is 29.8 Å². The molecule has 1 saturated carbocycles. The third kappa shape index (κ3) is 5.16. The zero-order chi connectivity index (χ0) is 18.6. The van der Waals surface area contributed by atoms with Crippen LogP contribution in [0.4, 0.5) is 8.78 Å². The van der Waals surface area contributed by atoms with Gasteiger partial charge < -0.3 is 10.6 Å². The van der Waals surface area contributed by atoms with Crippen molar-refractivity contribution in [3.63, 3.8) is 0 Å². The maximum absolute atomic E-state index is 12.5. The minimum absolute atomic E-state index is 0.116. The highest BCUT2D eigenvalue weighted by Gasteiger charge is 2.44. The molecule has 1 heterocycles. The summed E-state index contributed by atoms with van der Waals surface area (Å²) in [5, 5.41) is 6.93. The van der Waals surface area contributed by atoms with Gasteiger partial charge in [0.15, 0.2) is 5.96 Å². The Morgan fingerprint density at radius 2 is 2.08 bits per heavy atom. The van der Waals surface area contributed by atoms with Gasteiger partial charge in [-0.2, -0.15) is 0 Å². The normalized spacial score (nSPS) is 21.0. The van der Waals surface area contributed by atoms with Gasteiger partial charge in [0.25, 0.3) is 6.43 Å². The van der Waals surface area contributed by atoms with Crippen LogP contribution in [0.5, 0.6) is 0 Å². The molecule has 1 aromatic carbocycles. The number of guanidine groups is 1. The molecule has 0 atom stereocenters. The van der Waals surface area contributed by atoms with Gasteiger partial charge in [0, 0.05) is 42.6 Å². The lowest BCUT2D eigenvalue weighted by molar-refractivity contribution is 0.0744. The number of nitrogens with one attached hydrogen (secondary N) is 2. The zero-order valence-electron chi connectivity index (χ0n) is 15.1. The van der Waals surface area contributed by atoms with Crippen molar-refractivity contribution in [2.75, 3.05) is 33.2 Å². The van der Waals surface area contributed by atoms with Crippen molar-refractivity contribution >= 4 is 21.9 Å². The van der Waals surface area contributed by atoms with Gasteiger partial charge in [0.1, 0.15) is 0 Å². The van der Waals surface area contributed by atoms with Crippen LogP contribution < -0.4 is 10.6 Å². The molecule has 1 aromatic rings. The number of alkyl halides is 2. The van der Waals surface area contributed by atoms with Gasteiger partial charge in [-0.1, -0.05) is 28.1 Å². The number of hydrogen-bond donors (Lipinski definition) is 2. The van der Waals surface area contributed by atoms with Gasteiger partial charge in [-0.25, -0.2) is 8.78 Å². The summed E-state index contributed by atoms with van der Waals surface area (Å²) < 4.78 is 26.1. The standard InChI is InChI=1S/C19H27BrF2N4/c1-23-18(25-16-5-9-26(10-6-16)12-17(21)22)24-13-19(7-8-19)14-3-2-4-15(20)11-14/h2-4,11,16-17H,5-10,12-13H2,1H3,(H2,23,24,25). The average Bonchev–Trinajstić information content (AvgIpc) is 3.41. The van der Waals surface area contributed by atoms with Crippen molar-refractivity contribution in [3.05, 3.63) is 34.3 Å². The molecule has 7 heteroatoms. The Hall–Kier alpha value is -1.21. The smallest absolute Gasteiger partial charge is 0.251 e. The van der Waals surface area contributed by atoms with Gasteiger partial charge in [0.2, 0.25) is 0 Å². The number of nitrogens with zero attached hydrogens (tertiary/aromatic N) is 2. The van der Waals surface area contributed by atoms with Crippen LogP contribution in [0.2, 0.25) is 0 Å². The Kier molecular flexibility index (Phi) is 6.51. The summed E-state index contributed by atoms with van der Waals surface area (Å²) in [6.07, 6.45) is 1.84. The number of benzene rings is 1. The first kappa shape index (κ1) is 19.5. The largest absolute Gasteiger partial charge is 0.356 e. The fourth-order valence-corrected chi connectivity index (χ4v) is 4.03. The van der Waals surface area contributed by atoms with Crippen molar-refractivity contribution in [1.82, 2.24) is 15.5 Å². The van der Waals surface area contributed by atoms with E-state index in [2.05, 4.69) is 49.8 Å². The number of piperidine rings is 1. The molecule has 2 N–H and O–H groups in total. The summed E-state index contributed by atoms with van der Waals surface area (Å²) in [5.41, 5.74) is 1.55. The molecule has 0 amide bonds. The summed E-state index contributed by atoms with van der Waals surface area (Å²) in [6.45, 7) is 2.16. The second kappa shape index (κ2) is 8.65. The molecule has 0 spiro atoms. The molecule has 1 aliphatic heterocycles. The van der Waals surface area contributed by atoms with Crippen molar-refractivity contribution < 1.29 is 8.78 Å². The Morgan fingerprint density at radius 1 is 1.35 bits per heavy atom. The number of rotatable bonds is 6. The lowest BCUT2D eigenvalue weighted by Gasteiger charge is -2.33. The van der Waals surface area contributed by atoms with Gasteiger partial charge in [0.05, 0.1) is 6.54 Å². The molecular formula is C19H27BrF2N4. The van der Waals surface area contributed by atoms with E-state index in [1.54, 1.807) is 7.05 Å². The molecule has 3 rings (SSSR count). The highest BCUT2D eigenvalue weighted by molar-refractivity contribution is 9.10. The molecule has 2 aliphatic rings. The lowest BCUT2D eigenvalue weighted by Crippen LogP contribution is -2.50. The van der Waals surface area contributed by atoms with Crippen LogP contribution in [0.15, 0.2) is 33.7 Å². The van der Waals surface area contributed by atoms with Gasteiger partial charge >= 0.3 is 0 Å².